The second-order valence-electron chi connectivity index (χ2n) is 7.13. The van der Waals surface area contributed by atoms with Gasteiger partial charge in [-0.15, -0.1) is 0 Å². The highest BCUT2D eigenvalue weighted by molar-refractivity contribution is 5.97. The van der Waals surface area contributed by atoms with Gasteiger partial charge in [0.1, 0.15) is 12.6 Å². The SMILES string of the molecule is COC(=O)C(C(=O)OC)[C@H](C)[C@@H](NC(=O)C[C@@H](O)CNC(=O)OCc1ccccc1)C(N)=O. The number of aliphatic hydroxyl groups excluding tert-OH is 1. The van der Waals surface area contributed by atoms with Crippen molar-refractivity contribution in [3.05, 3.63) is 35.9 Å². The van der Waals surface area contributed by atoms with Crippen molar-refractivity contribution in [3.63, 3.8) is 0 Å². The van der Waals surface area contributed by atoms with Crippen molar-refractivity contribution < 1.29 is 43.3 Å². The molecule has 0 unspecified atom stereocenters. The van der Waals surface area contributed by atoms with Crippen molar-refractivity contribution in [3.8, 4) is 0 Å². The average molecular weight is 467 g/mol. The van der Waals surface area contributed by atoms with Gasteiger partial charge in [-0.25, -0.2) is 4.79 Å². The number of primary amides is 1. The molecule has 3 amide bonds. The average Bonchev–Trinajstić information content (AvgIpc) is 2.79. The maximum atomic E-state index is 12.3. The Hall–Kier alpha value is -3.67. The van der Waals surface area contributed by atoms with Crippen LogP contribution in [-0.4, -0.2) is 67.9 Å². The fraction of sp³-hybridized carbons (Fsp3) is 0.476. The van der Waals surface area contributed by atoms with E-state index in [1.807, 2.05) is 6.07 Å². The zero-order chi connectivity index (χ0) is 25.0. The lowest BCUT2D eigenvalue weighted by molar-refractivity contribution is -0.162. The van der Waals surface area contributed by atoms with Crippen LogP contribution < -0.4 is 16.4 Å². The molecule has 0 saturated carbocycles. The third-order valence-electron chi connectivity index (χ3n) is 4.70. The zero-order valence-corrected chi connectivity index (χ0v) is 18.6. The van der Waals surface area contributed by atoms with Gasteiger partial charge in [0.25, 0.3) is 0 Å². The Morgan fingerprint density at radius 2 is 1.61 bits per heavy atom. The topological polar surface area (TPSA) is 183 Å². The van der Waals surface area contributed by atoms with Crippen LogP contribution in [-0.2, 0) is 40.0 Å². The molecule has 1 aromatic carbocycles. The van der Waals surface area contributed by atoms with Crippen LogP contribution in [0.2, 0.25) is 0 Å². The fourth-order valence-corrected chi connectivity index (χ4v) is 2.93. The number of benzene rings is 1. The van der Waals surface area contributed by atoms with Crippen LogP contribution in [0.3, 0.4) is 0 Å². The molecule has 0 fully saturated rings. The van der Waals surface area contributed by atoms with E-state index in [0.717, 1.165) is 19.8 Å². The summed E-state index contributed by atoms with van der Waals surface area (Å²) in [5, 5.41) is 14.6. The molecule has 0 aliphatic rings. The number of aliphatic hydroxyl groups is 1. The number of nitrogens with two attached hydrogens (primary N) is 1. The second-order valence-corrected chi connectivity index (χ2v) is 7.13. The number of rotatable bonds is 12. The van der Waals surface area contributed by atoms with Gasteiger partial charge in [0.05, 0.1) is 26.7 Å². The molecule has 33 heavy (non-hydrogen) atoms. The third-order valence-corrected chi connectivity index (χ3v) is 4.70. The van der Waals surface area contributed by atoms with Gasteiger partial charge in [0.2, 0.25) is 11.8 Å². The van der Waals surface area contributed by atoms with Crippen LogP contribution in [0.5, 0.6) is 0 Å². The number of carbonyl (C=O) groups excluding carboxylic acids is 5. The van der Waals surface area contributed by atoms with E-state index in [1.54, 1.807) is 24.3 Å². The first-order valence-corrected chi connectivity index (χ1v) is 9.97. The van der Waals surface area contributed by atoms with E-state index in [2.05, 4.69) is 20.1 Å². The van der Waals surface area contributed by atoms with Crippen LogP contribution in [0.4, 0.5) is 4.79 Å². The van der Waals surface area contributed by atoms with Crippen LogP contribution in [0, 0.1) is 11.8 Å². The molecule has 1 rings (SSSR count). The predicted molar refractivity (Wildman–Crippen MR) is 113 cm³/mol. The molecule has 0 aliphatic carbocycles. The highest BCUT2D eigenvalue weighted by Crippen LogP contribution is 2.19. The predicted octanol–water partition coefficient (Wildman–Crippen LogP) is -0.768. The summed E-state index contributed by atoms with van der Waals surface area (Å²) < 4.78 is 14.1. The minimum Gasteiger partial charge on any atom is -0.468 e. The summed E-state index contributed by atoms with van der Waals surface area (Å²) in [4.78, 5) is 59.8. The highest BCUT2D eigenvalue weighted by Gasteiger charge is 2.41. The molecule has 182 valence electrons. The molecule has 0 spiro atoms. The molecule has 12 nitrogen and oxygen atoms in total. The summed E-state index contributed by atoms with van der Waals surface area (Å²) in [6.45, 7) is 1.07. The third kappa shape index (κ3) is 9.15. The summed E-state index contributed by atoms with van der Waals surface area (Å²) in [7, 11) is 2.11. The Labute approximate surface area is 190 Å². The molecule has 5 N–H and O–H groups in total. The molecule has 3 atom stereocenters. The van der Waals surface area contributed by atoms with Gasteiger partial charge < -0.3 is 35.7 Å². The normalized spacial score (nSPS) is 13.2. The lowest BCUT2D eigenvalue weighted by Crippen LogP contribution is -2.53. The minimum atomic E-state index is -1.51. The lowest BCUT2D eigenvalue weighted by atomic mass is 9.86. The molecule has 0 bridgehead atoms. The van der Waals surface area contributed by atoms with Gasteiger partial charge >= 0.3 is 18.0 Å². The van der Waals surface area contributed by atoms with Crippen molar-refractivity contribution in [1.82, 2.24) is 10.6 Å². The van der Waals surface area contributed by atoms with Gasteiger partial charge in [0.15, 0.2) is 5.92 Å². The van der Waals surface area contributed by atoms with Crippen molar-refractivity contribution in [1.29, 1.82) is 0 Å². The second kappa shape index (κ2) is 13.7. The Morgan fingerprint density at radius 1 is 1.03 bits per heavy atom. The van der Waals surface area contributed by atoms with Crippen molar-refractivity contribution in [2.45, 2.75) is 32.1 Å². The molecule has 0 saturated heterocycles. The summed E-state index contributed by atoms with van der Waals surface area (Å²) in [5.41, 5.74) is 6.10. The number of methoxy groups -OCH3 is 2. The van der Waals surface area contributed by atoms with E-state index in [9.17, 15) is 29.1 Å². The monoisotopic (exact) mass is 467 g/mol. The van der Waals surface area contributed by atoms with Crippen LogP contribution >= 0.6 is 0 Å². The fourth-order valence-electron chi connectivity index (χ4n) is 2.93. The quantitative estimate of drug-likeness (QED) is 0.174. The Morgan fingerprint density at radius 3 is 2.12 bits per heavy atom. The molecule has 0 radical (unpaired) electrons. The minimum absolute atomic E-state index is 0.0307. The first-order chi connectivity index (χ1) is 15.6. The van der Waals surface area contributed by atoms with E-state index in [-0.39, 0.29) is 13.2 Å². The molecule has 12 heteroatoms. The first-order valence-electron chi connectivity index (χ1n) is 9.97. The van der Waals surface area contributed by atoms with Crippen LogP contribution in [0.15, 0.2) is 30.3 Å². The van der Waals surface area contributed by atoms with Crippen molar-refractivity contribution in [2.24, 2.45) is 17.6 Å². The van der Waals surface area contributed by atoms with E-state index in [0.29, 0.717) is 0 Å². The smallest absolute Gasteiger partial charge is 0.407 e. The standard InChI is InChI=1S/C21H29N3O9/c1-12(16(19(28)31-2)20(29)32-3)17(18(22)27)24-15(26)9-14(25)10-23-21(30)33-11-13-7-5-4-6-8-13/h4-8,12,14,16-17,25H,9-11H2,1-3H3,(H2,22,27)(H,23,30)(H,24,26)/t12-,14+,17+/m0/s1. The van der Waals surface area contributed by atoms with Gasteiger partial charge in [0, 0.05) is 12.5 Å². The van der Waals surface area contributed by atoms with Crippen LogP contribution in [0.25, 0.3) is 0 Å². The van der Waals surface area contributed by atoms with Crippen molar-refractivity contribution in [2.75, 3.05) is 20.8 Å². The number of ether oxygens (including phenoxy) is 3. The molecular weight excluding hydrogens is 438 g/mol. The first kappa shape index (κ1) is 27.4. The highest BCUT2D eigenvalue weighted by atomic mass is 16.6. The van der Waals surface area contributed by atoms with Crippen LogP contribution in [0.1, 0.15) is 18.9 Å². The number of amides is 3. The zero-order valence-electron chi connectivity index (χ0n) is 18.6. The summed E-state index contributed by atoms with van der Waals surface area (Å²) in [6, 6.07) is 7.51. The molecule has 0 aliphatic heterocycles. The number of hydrogen-bond donors (Lipinski definition) is 4. The largest absolute Gasteiger partial charge is 0.468 e. The number of alkyl carbamates (subject to hydrolysis) is 1. The van der Waals surface area contributed by atoms with Gasteiger partial charge in [-0.05, 0) is 5.56 Å². The van der Waals surface area contributed by atoms with Crippen molar-refractivity contribution >= 4 is 29.8 Å². The number of hydrogen-bond acceptors (Lipinski definition) is 9. The lowest BCUT2D eigenvalue weighted by Gasteiger charge is -2.27. The summed E-state index contributed by atoms with van der Waals surface area (Å²) >= 11 is 0. The Bertz CT molecular complexity index is 816. The number of esters is 2. The van der Waals surface area contributed by atoms with E-state index >= 15 is 0 Å². The van der Waals surface area contributed by atoms with Gasteiger partial charge in [-0.3, -0.25) is 19.2 Å². The Balaban J connectivity index is 2.59. The molecule has 0 heterocycles. The van der Waals surface area contributed by atoms with E-state index in [1.165, 1.54) is 6.92 Å². The van der Waals surface area contributed by atoms with E-state index in [4.69, 9.17) is 10.5 Å². The van der Waals surface area contributed by atoms with E-state index < -0.39 is 60.2 Å². The molecule has 1 aromatic rings. The summed E-state index contributed by atoms with van der Waals surface area (Å²) in [5.74, 6) is -6.35. The molecule has 0 aromatic heterocycles. The summed E-state index contributed by atoms with van der Waals surface area (Å²) in [6.07, 6.45) is -2.60. The maximum absolute atomic E-state index is 12.3. The van der Waals surface area contributed by atoms with Gasteiger partial charge in [-0.2, -0.15) is 0 Å². The number of carbonyl (C=O) groups is 5. The Kier molecular flexibility index (Phi) is 11.3. The van der Waals surface area contributed by atoms with Gasteiger partial charge in [-0.1, -0.05) is 37.3 Å². The molecular formula is C21H29N3O9. The maximum Gasteiger partial charge on any atom is 0.407 e. The number of nitrogens with one attached hydrogen (secondary N) is 2.